The number of nitrogens with one attached hydrogen (secondary N) is 1. The molecular formula is C16H17NO. The van der Waals surface area contributed by atoms with Gasteiger partial charge in [0.05, 0.1) is 6.04 Å². The first-order chi connectivity index (χ1) is 8.84. The van der Waals surface area contributed by atoms with Gasteiger partial charge in [0.25, 0.3) is 0 Å². The minimum atomic E-state index is 0.248. The molecule has 3 rings (SSSR count). The summed E-state index contributed by atoms with van der Waals surface area (Å²) in [6, 6.07) is 21.0. The molecule has 1 heterocycles. The van der Waals surface area contributed by atoms with Crippen LogP contribution in [0, 0.1) is 0 Å². The third-order valence-corrected chi connectivity index (χ3v) is 3.31. The zero-order valence-electron chi connectivity index (χ0n) is 10.4. The third-order valence-electron chi connectivity index (χ3n) is 3.31. The largest absolute Gasteiger partial charge is 0.380 e. The Morgan fingerprint density at radius 3 is 2.22 bits per heavy atom. The molecule has 1 aliphatic rings. The van der Waals surface area contributed by atoms with Crippen molar-refractivity contribution in [1.82, 2.24) is 0 Å². The monoisotopic (exact) mass is 239 g/mol. The molecule has 3 atom stereocenters. The van der Waals surface area contributed by atoms with Gasteiger partial charge in [-0.1, -0.05) is 48.5 Å². The lowest BCUT2D eigenvalue weighted by Crippen LogP contribution is -2.22. The Bertz CT molecular complexity index is 497. The van der Waals surface area contributed by atoms with Gasteiger partial charge in [-0.05, 0) is 24.6 Å². The Morgan fingerprint density at radius 2 is 1.56 bits per heavy atom. The van der Waals surface area contributed by atoms with Gasteiger partial charge in [0.15, 0.2) is 0 Å². The first-order valence-electron chi connectivity index (χ1n) is 6.36. The minimum absolute atomic E-state index is 0.248. The first kappa shape index (κ1) is 11.3. The standard InChI is InChI=1S/C16H17NO/c1-12(17-14-10-6-3-7-11-14)15-16(18-15)13-8-4-2-5-9-13/h2-12,15-17H,1H3. The summed E-state index contributed by atoms with van der Waals surface area (Å²) in [4.78, 5) is 0. The van der Waals surface area contributed by atoms with E-state index in [4.69, 9.17) is 4.74 Å². The molecule has 2 nitrogen and oxygen atoms in total. The first-order valence-corrected chi connectivity index (χ1v) is 6.36. The van der Waals surface area contributed by atoms with Crippen LogP contribution in [0.2, 0.25) is 0 Å². The third kappa shape index (κ3) is 2.39. The van der Waals surface area contributed by atoms with Crippen LogP contribution in [0.5, 0.6) is 0 Å². The molecule has 2 heteroatoms. The highest BCUT2D eigenvalue weighted by Crippen LogP contribution is 2.41. The van der Waals surface area contributed by atoms with E-state index in [1.54, 1.807) is 0 Å². The zero-order valence-corrected chi connectivity index (χ0v) is 10.4. The fourth-order valence-corrected chi connectivity index (χ4v) is 2.29. The van der Waals surface area contributed by atoms with Crippen molar-refractivity contribution >= 4 is 5.69 Å². The molecule has 1 fully saturated rings. The van der Waals surface area contributed by atoms with E-state index in [1.807, 2.05) is 24.3 Å². The highest BCUT2D eigenvalue weighted by molar-refractivity contribution is 5.44. The number of hydrogen-bond acceptors (Lipinski definition) is 2. The Hall–Kier alpha value is -1.80. The van der Waals surface area contributed by atoms with Crippen LogP contribution in [0.3, 0.4) is 0 Å². The molecule has 0 saturated carbocycles. The molecule has 1 aliphatic heterocycles. The normalized spacial score (nSPS) is 23.4. The van der Waals surface area contributed by atoms with E-state index in [0.717, 1.165) is 5.69 Å². The van der Waals surface area contributed by atoms with Gasteiger partial charge in [0.1, 0.15) is 12.2 Å². The number of rotatable bonds is 4. The fraction of sp³-hybridized carbons (Fsp3) is 0.250. The molecule has 1 N–H and O–H groups in total. The predicted octanol–water partition coefficient (Wildman–Crippen LogP) is 3.63. The van der Waals surface area contributed by atoms with Gasteiger partial charge in [-0.3, -0.25) is 0 Å². The summed E-state index contributed by atoms with van der Waals surface area (Å²) in [6.07, 6.45) is 0.519. The summed E-state index contributed by atoms with van der Waals surface area (Å²) in [6.45, 7) is 2.17. The van der Waals surface area contributed by atoms with Crippen LogP contribution in [-0.4, -0.2) is 12.1 Å². The highest BCUT2D eigenvalue weighted by atomic mass is 16.6. The van der Waals surface area contributed by atoms with Crippen molar-refractivity contribution in [3.8, 4) is 0 Å². The summed E-state index contributed by atoms with van der Waals surface area (Å²) in [5.74, 6) is 0. The van der Waals surface area contributed by atoms with Gasteiger partial charge in [-0.2, -0.15) is 0 Å². The van der Waals surface area contributed by atoms with E-state index in [1.165, 1.54) is 5.56 Å². The van der Waals surface area contributed by atoms with Gasteiger partial charge < -0.3 is 10.1 Å². The van der Waals surface area contributed by atoms with Crippen molar-refractivity contribution in [1.29, 1.82) is 0 Å². The smallest absolute Gasteiger partial charge is 0.111 e. The van der Waals surface area contributed by atoms with Crippen molar-refractivity contribution in [2.24, 2.45) is 0 Å². The van der Waals surface area contributed by atoms with Crippen LogP contribution >= 0.6 is 0 Å². The zero-order chi connectivity index (χ0) is 12.4. The van der Waals surface area contributed by atoms with Crippen LogP contribution in [0.15, 0.2) is 60.7 Å². The van der Waals surface area contributed by atoms with E-state index >= 15 is 0 Å². The van der Waals surface area contributed by atoms with E-state index in [2.05, 4.69) is 48.6 Å². The second kappa shape index (κ2) is 4.83. The molecule has 3 unspecified atom stereocenters. The summed E-state index contributed by atoms with van der Waals surface area (Å²) in [7, 11) is 0. The van der Waals surface area contributed by atoms with Crippen molar-refractivity contribution in [3.63, 3.8) is 0 Å². The van der Waals surface area contributed by atoms with Crippen molar-refractivity contribution in [3.05, 3.63) is 66.2 Å². The average Bonchev–Trinajstić information content (AvgIpc) is 3.21. The summed E-state index contributed by atoms with van der Waals surface area (Å²) in [5, 5.41) is 3.48. The second-order valence-electron chi connectivity index (χ2n) is 4.73. The number of anilines is 1. The second-order valence-corrected chi connectivity index (χ2v) is 4.73. The van der Waals surface area contributed by atoms with Crippen molar-refractivity contribution in [2.45, 2.75) is 25.2 Å². The van der Waals surface area contributed by atoms with Crippen molar-refractivity contribution in [2.75, 3.05) is 5.32 Å². The molecule has 18 heavy (non-hydrogen) atoms. The maximum atomic E-state index is 5.77. The minimum Gasteiger partial charge on any atom is -0.380 e. The van der Waals surface area contributed by atoms with Gasteiger partial charge in [-0.25, -0.2) is 0 Å². The van der Waals surface area contributed by atoms with Gasteiger partial charge in [-0.15, -0.1) is 0 Å². The average molecular weight is 239 g/mol. The van der Waals surface area contributed by atoms with Crippen LogP contribution in [0.4, 0.5) is 5.69 Å². The fourth-order valence-electron chi connectivity index (χ4n) is 2.29. The maximum Gasteiger partial charge on any atom is 0.111 e. The van der Waals surface area contributed by atoms with Gasteiger partial charge in [0.2, 0.25) is 0 Å². The van der Waals surface area contributed by atoms with E-state index in [-0.39, 0.29) is 12.2 Å². The molecule has 0 radical (unpaired) electrons. The molecule has 0 aliphatic carbocycles. The van der Waals surface area contributed by atoms with Gasteiger partial charge >= 0.3 is 0 Å². The Morgan fingerprint density at radius 1 is 0.944 bits per heavy atom. The maximum absolute atomic E-state index is 5.77. The number of hydrogen-bond donors (Lipinski definition) is 1. The van der Waals surface area contributed by atoms with E-state index in [9.17, 15) is 0 Å². The van der Waals surface area contributed by atoms with Crippen LogP contribution in [0.25, 0.3) is 0 Å². The van der Waals surface area contributed by atoms with E-state index < -0.39 is 0 Å². The lowest BCUT2D eigenvalue weighted by atomic mass is 10.1. The number of benzene rings is 2. The summed E-state index contributed by atoms with van der Waals surface area (Å²) in [5.41, 5.74) is 2.41. The molecular weight excluding hydrogens is 222 g/mol. The molecule has 2 aromatic rings. The molecule has 1 saturated heterocycles. The number of ether oxygens (including phenoxy) is 1. The topological polar surface area (TPSA) is 24.6 Å². The predicted molar refractivity (Wildman–Crippen MR) is 73.6 cm³/mol. The lowest BCUT2D eigenvalue weighted by molar-refractivity contribution is 0.361. The summed E-state index contributed by atoms with van der Waals surface area (Å²) < 4.78 is 5.77. The molecule has 2 aromatic carbocycles. The highest BCUT2D eigenvalue weighted by Gasteiger charge is 2.43. The molecule has 0 spiro atoms. The molecule has 0 bridgehead atoms. The lowest BCUT2D eigenvalue weighted by Gasteiger charge is -2.12. The molecule has 92 valence electrons. The SMILES string of the molecule is CC(Nc1ccccc1)C1OC1c1ccccc1. The van der Waals surface area contributed by atoms with E-state index in [0.29, 0.717) is 6.04 Å². The van der Waals surface area contributed by atoms with Crippen LogP contribution in [-0.2, 0) is 4.74 Å². The quantitative estimate of drug-likeness (QED) is 0.824. The number of epoxide rings is 1. The Kier molecular flexibility index (Phi) is 3.03. The number of para-hydroxylation sites is 1. The summed E-state index contributed by atoms with van der Waals surface area (Å²) >= 11 is 0. The molecule has 0 aromatic heterocycles. The van der Waals surface area contributed by atoms with Crippen LogP contribution in [0.1, 0.15) is 18.6 Å². The Balaban J connectivity index is 1.61. The van der Waals surface area contributed by atoms with Crippen molar-refractivity contribution < 1.29 is 4.74 Å². The van der Waals surface area contributed by atoms with Crippen LogP contribution < -0.4 is 5.32 Å². The van der Waals surface area contributed by atoms with Gasteiger partial charge in [0, 0.05) is 5.69 Å². The Labute approximate surface area is 108 Å². The molecule has 0 amide bonds.